The van der Waals surface area contributed by atoms with Crippen LogP contribution in [0.15, 0.2) is 30.4 Å². The fraction of sp³-hybridized carbons (Fsp3) is 0.421. The molecule has 1 saturated heterocycles. The van der Waals surface area contributed by atoms with Gasteiger partial charge in [-0.2, -0.15) is 13.2 Å². The van der Waals surface area contributed by atoms with Crippen LogP contribution in [0.5, 0.6) is 0 Å². The van der Waals surface area contributed by atoms with E-state index in [-0.39, 0.29) is 59.2 Å². The van der Waals surface area contributed by atoms with Gasteiger partial charge in [-0.1, -0.05) is 23.8 Å². The normalized spacial score (nSPS) is 28.2. The van der Waals surface area contributed by atoms with Crippen LogP contribution in [-0.4, -0.2) is 29.2 Å². The van der Waals surface area contributed by atoms with E-state index in [1.54, 1.807) is 0 Å². The summed E-state index contributed by atoms with van der Waals surface area (Å²) < 4.78 is 38.4. The number of hydrogen-bond acceptors (Lipinski definition) is 3. The first kappa shape index (κ1) is 19.0. The summed E-state index contributed by atoms with van der Waals surface area (Å²) in [6.45, 7) is -0.105. The van der Waals surface area contributed by atoms with Crippen LogP contribution in [0.1, 0.15) is 18.4 Å². The second-order valence-electron chi connectivity index (χ2n) is 7.32. The molecular formula is C19H16ClF3N2O3. The van der Waals surface area contributed by atoms with Crippen molar-refractivity contribution in [1.82, 2.24) is 4.90 Å². The standard InChI is InChI=1S/C19H16ClF3N2O3/c20-12-4-3-11(19(21,22)23)8-13(12)24-14(26)5-6-25-17(27)15-9-1-2-10(7-9)16(15)18(25)28/h1-4,8-10,15-16H,5-7H2,(H,24,26)/t9-,10+,15-,16+. The van der Waals surface area contributed by atoms with Gasteiger partial charge in [0.15, 0.2) is 0 Å². The van der Waals surface area contributed by atoms with Gasteiger partial charge in [0.05, 0.1) is 28.1 Å². The molecule has 28 heavy (non-hydrogen) atoms. The number of carbonyl (C=O) groups excluding carboxylic acids is 3. The largest absolute Gasteiger partial charge is 0.416 e. The SMILES string of the molecule is O=C(CCN1C(=O)[C@@H]2[C@H](C1=O)[C@@H]1C=C[C@H]2C1)Nc1cc(C(F)(F)F)ccc1Cl. The highest BCUT2D eigenvalue weighted by molar-refractivity contribution is 6.33. The number of benzene rings is 1. The number of nitrogens with zero attached hydrogens (tertiary/aromatic N) is 1. The van der Waals surface area contributed by atoms with Crippen LogP contribution in [0.4, 0.5) is 18.9 Å². The van der Waals surface area contributed by atoms with Crippen molar-refractivity contribution in [2.24, 2.45) is 23.7 Å². The van der Waals surface area contributed by atoms with Crippen molar-refractivity contribution in [2.45, 2.75) is 19.0 Å². The third-order valence-electron chi connectivity index (χ3n) is 5.69. The Morgan fingerprint density at radius 3 is 2.32 bits per heavy atom. The smallest absolute Gasteiger partial charge is 0.325 e. The van der Waals surface area contributed by atoms with E-state index >= 15 is 0 Å². The number of hydrogen-bond donors (Lipinski definition) is 1. The lowest BCUT2D eigenvalue weighted by Crippen LogP contribution is -2.35. The molecule has 148 valence electrons. The Kier molecular flexibility index (Phi) is 4.49. The number of imide groups is 1. The fourth-order valence-electron chi connectivity index (χ4n) is 4.41. The predicted octanol–water partition coefficient (Wildman–Crippen LogP) is 3.49. The Hall–Kier alpha value is -2.35. The molecule has 1 heterocycles. The van der Waals surface area contributed by atoms with Gasteiger partial charge >= 0.3 is 6.18 Å². The number of nitrogens with one attached hydrogen (secondary N) is 1. The van der Waals surface area contributed by atoms with Gasteiger partial charge in [-0.15, -0.1) is 0 Å². The topological polar surface area (TPSA) is 66.5 Å². The Balaban J connectivity index is 1.39. The van der Waals surface area contributed by atoms with E-state index in [2.05, 4.69) is 5.32 Å². The Morgan fingerprint density at radius 2 is 1.75 bits per heavy atom. The monoisotopic (exact) mass is 412 g/mol. The summed E-state index contributed by atoms with van der Waals surface area (Å²) in [5, 5.41) is 2.29. The average molecular weight is 413 g/mol. The molecule has 0 radical (unpaired) electrons. The third kappa shape index (κ3) is 3.09. The summed E-state index contributed by atoms with van der Waals surface area (Å²) in [7, 11) is 0. The van der Waals surface area contributed by atoms with Crippen LogP contribution >= 0.6 is 11.6 Å². The second-order valence-corrected chi connectivity index (χ2v) is 7.73. The van der Waals surface area contributed by atoms with Gasteiger partial charge in [-0.25, -0.2) is 0 Å². The van der Waals surface area contributed by atoms with Crippen molar-refractivity contribution < 1.29 is 27.6 Å². The highest BCUT2D eigenvalue weighted by Crippen LogP contribution is 2.52. The van der Waals surface area contributed by atoms with Crippen LogP contribution in [0, 0.1) is 23.7 Å². The van der Waals surface area contributed by atoms with E-state index in [4.69, 9.17) is 11.6 Å². The van der Waals surface area contributed by atoms with Gasteiger partial charge in [0.2, 0.25) is 17.7 Å². The maximum atomic E-state index is 12.8. The Morgan fingerprint density at radius 1 is 1.14 bits per heavy atom. The first-order chi connectivity index (χ1) is 13.2. The highest BCUT2D eigenvalue weighted by Gasteiger charge is 2.59. The number of amides is 3. The van der Waals surface area contributed by atoms with Crippen LogP contribution in [0.3, 0.4) is 0 Å². The third-order valence-corrected chi connectivity index (χ3v) is 6.02. The van der Waals surface area contributed by atoms with Gasteiger partial charge in [0.1, 0.15) is 0 Å². The minimum absolute atomic E-state index is 0.0353. The number of fused-ring (bicyclic) bond motifs is 5. The molecule has 0 spiro atoms. The number of anilines is 1. The lowest BCUT2D eigenvalue weighted by atomic mass is 9.85. The summed E-state index contributed by atoms with van der Waals surface area (Å²) in [5.74, 6) is -1.69. The molecule has 3 amide bonds. The van der Waals surface area contributed by atoms with Crippen LogP contribution < -0.4 is 5.32 Å². The second kappa shape index (κ2) is 6.62. The van der Waals surface area contributed by atoms with E-state index in [0.29, 0.717) is 0 Å². The summed E-state index contributed by atoms with van der Waals surface area (Å²) in [5.41, 5.74) is -1.10. The molecule has 5 nitrogen and oxygen atoms in total. The predicted molar refractivity (Wildman–Crippen MR) is 94.1 cm³/mol. The molecule has 1 saturated carbocycles. The maximum Gasteiger partial charge on any atom is 0.416 e. The number of rotatable bonds is 4. The minimum Gasteiger partial charge on any atom is -0.325 e. The summed E-state index contributed by atoms with van der Waals surface area (Å²) in [4.78, 5) is 38.4. The summed E-state index contributed by atoms with van der Waals surface area (Å²) in [6, 6.07) is 2.62. The summed E-state index contributed by atoms with van der Waals surface area (Å²) in [6.07, 6.45) is -0.0171. The molecule has 2 fully saturated rings. The molecule has 4 atom stereocenters. The quantitative estimate of drug-likeness (QED) is 0.608. The van der Waals surface area contributed by atoms with Gasteiger partial charge in [-0.05, 0) is 36.5 Å². The molecule has 2 aliphatic carbocycles. The van der Waals surface area contributed by atoms with E-state index in [1.807, 2.05) is 12.2 Å². The number of likely N-dealkylation sites (tertiary alicyclic amines) is 1. The highest BCUT2D eigenvalue weighted by atomic mass is 35.5. The Bertz CT molecular complexity index is 869. The zero-order valence-electron chi connectivity index (χ0n) is 14.5. The van der Waals surface area contributed by atoms with Gasteiger partial charge in [-0.3, -0.25) is 19.3 Å². The molecule has 3 aliphatic rings. The van der Waals surface area contributed by atoms with E-state index < -0.39 is 17.6 Å². The zero-order valence-corrected chi connectivity index (χ0v) is 15.3. The van der Waals surface area contributed by atoms with Crippen LogP contribution in [-0.2, 0) is 20.6 Å². The molecule has 2 bridgehead atoms. The van der Waals surface area contributed by atoms with E-state index in [0.717, 1.165) is 29.5 Å². The maximum absolute atomic E-state index is 12.8. The number of carbonyl (C=O) groups is 3. The van der Waals surface area contributed by atoms with Crippen molar-refractivity contribution in [3.8, 4) is 0 Å². The van der Waals surface area contributed by atoms with E-state index in [9.17, 15) is 27.6 Å². The molecule has 1 aromatic carbocycles. The molecule has 4 rings (SSSR count). The van der Waals surface area contributed by atoms with Gasteiger partial charge in [0.25, 0.3) is 0 Å². The van der Waals surface area contributed by atoms with Crippen molar-refractivity contribution in [3.63, 3.8) is 0 Å². The zero-order chi connectivity index (χ0) is 20.2. The van der Waals surface area contributed by atoms with Crippen molar-refractivity contribution in [1.29, 1.82) is 0 Å². The summed E-state index contributed by atoms with van der Waals surface area (Å²) >= 11 is 5.86. The van der Waals surface area contributed by atoms with Crippen molar-refractivity contribution in [3.05, 3.63) is 40.9 Å². The molecule has 9 heteroatoms. The lowest BCUT2D eigenvalue weighted by molar-refractivity contribution is -0.141. The molecule has 0 unspecified atom stereocenters. The first-order valence-corrected chi connectivity index (χ1v) is 9.25. The molecular weight excluding hydrogens is 397 g/mol. The lowest BCUT2D eigenvalue weighted by Gasteiger charge is -2.17. The van der Waals surface area contributed by atoms with Crippen molar-refractivity contribution >= 4 is 35.0 Å². The Labute approximate surface area is 163 Å². The number of halogens is 4. The van der Waals surface area contributed by atoms with Crippen LogP contribution in [0.25, 0.3) is 0 Å². The van der Waals surface area contributed by atoms with E-state index in [1.165, 1.54) is 0 Å². The minimum atomic E-state index is -4.57. The molecule has 0 aromatic heterocycles. The van der Waals surface area contributed by atoms with Gasteiger partial charge < -0.3 is 5.32 Å². The average Bonchev–Trinajstić information content (AvgIpc) is 3.29. The molecule has 1 N–H and O–H groups in total. The first-order valence-electron chi connectivity index (χ1n) is 8.87. The molecule has 1 aromatic rings. The fourth-order valence-corrected chi connectivity index (χ4v) is 4.57. The van der Waals surface area contributed by atoms with Crippen LogP contribution in [0.2, 0.25) is 5.02 Å². The molecule has 1 aliphatic heterocycles. The number of alkyl halides is 3. The van der Waals surface area contributed by atoms with Gasteiger partial charge in [0, 0.05) is 13.0 Å². The van der Waals surface area contributed by atoms with Crippen molar-refractivity contribution in [2.75, 3.05) is 11.9 Å². The number of allylic oxidation sites excluding steroid dienone is 2.